The van der Waals surface area contributed by atoms with Gasteiger partial charge in [0.2, 0.25) is 0 Å². The Morgan fingerprint density at radius 1 is 1.18 bits per heavy atom. The fourth-order valence-electron chi connectivity index (χ4n) is 6.01. The average molecular weight is 457 g/mol. The first-order valence-electron chi connectivity index (χ1n) is 10.5. The van der Waals surface area contributed by atoms with Crippen LogP contribution in [-0.4, -0.2) is 81.6 Å². The van der Waals surface area contributed by atoms with Crippen molar-refractivity contribution in [2.75, 3.05) is 21.1 Å². The lowest BCUT2D eigenvalue weighted by Crippen LogP contribution is -2.74. The van der Waals surface area contributed by atoms with Crippen molar-refractivity contribution >= 4 is 23.2 Å². The number of ketones is 2. The van der Waals surface area contributed by atoms with E-state index in [1.54, 1.807) is 33.2 Å². The third-order valence-electron chi connectivity index (χ3n) is 7.43. The first-order valence-corrected chi connectivity index (χ1v) is 10.5. The van der Waals surface area contributed by atoms with Crippen LogP contribution in [0.4, 0.5) is 0 Å². The molecule has 33 heavy (non-hydrogen) atoms. The molecule has 7 N–H and O–H groups in total. The highest BCUT2D eigenvalue weighted by Crippen LogP contribution is 2.55. The number of phenols is 1. The number of amides is 1. The fourth-order valence-corrected chi connectivity index (χ4v) is 6.01. The molecular weight excluding hydrogens is 430 g/mol. The van der Waals surface area contributed by atoms with Gasteiger partial charge in [-0.3, -0.25) is 19.3 Å². The summed E-state index contributed by atoms with van der Waals surface area (Å²) >= 11 is 0. The molecule has 0 aliphatic heterocycles. The molecule has 1 saturated carbocycles. The number of carbonyl (C=O) groups is 3. The molecule has 176 valence electrons. The number of nitrogens with two attached hydrogens (primary N) is 1. The van der Waals surface area contributed by atoms with E-state index in [9.17, 15) is 34.8 Å². The molecule has 1 aromatic rings. The summed E-state index contributed by atoms with van der Waals surface area (Å²) in [5, 5.41) is 47.0. The van der Waals surface area contributed by atoms with E-state index in [0.717, 1.165) is 0 Å². The molecule has 0 radical (unpaired) electrons. The number of hydrogen-bond acceptors (Lipinski definition) is 9. The second-order valence-corrected chi connectivity index (χ2v) is 9.08. The van der Waals surface area contributed by atoms with Crippen molar-refractivity contribution in [3.8, 4) is 5.75 Å². The molecule has 0 bridgehead atoms. The summed E-state index contributed by atoms with van der Waals surface area (Å²) in [4.78, 5) is 40.9. The molecular formula is C23H27N3O7. The van der Waals surface area contributed by atoms with Crippen molar-refractivity contribution in [1.29, 1.82) is 0 Å². The summed E-state index contributed by atoms with van der Waals surface area (Å²) in [6.45, 7) is 1.75. The van der Waals surface area contributed by atoms with Crippen LogP contribution in [0.15, 0.2) is 35.1 Å². The molecule has 4 rings (SSSR count). The second-order valence-electron chi connectivity index (χ2n) is 9.08. The van der Waals surface area contributed by atoms with Gasteiger partial charge in [-0.25, -0.2) is 0 Å². The van der Waals surface area contributed by atoms with Gasteiger partial charge in [0.1, 0.15) is 28.4 Å². The second kappa shape index (κ2) is 7.41. The number of Topliss-reactive ketones (excluding diaryl/α,β-unsaturated/α-hetero) is 2. The molecule has 10 nitrogen and oxygen atoms in total. The van der Waals surface area contributed by atoms with E-state index in [0.29, 0.717) is 5.56 Å². The smallest absolute Gasteiger partial charge is 0.255 e. The van der Waals surface area contributed by atoms with Gasteiger partial charge in [-0.15, -0.1) is 0 Å². The van der Waals surface area contributed by atoms with Gasteiger partial charge in [0.15, 0.2) is 11.6 Å². The van der Waals surface area contributed by atoms with Gasteiger partial charge in [-0.2, -0.15) is 0 Å². The standard InChI is InChI=1S/C23H27N3O7/c1-8-9-6-5-7-10(27)12(9)17(28)13-11(8)18(29)15-16(26(3)4)19(30)14(22(24)33)21(32)23(15,25-2)20(13)31/h5-8,11,15-16,18,25,27-29,32H,1-4H3,(H2,24,33)/t8-,11+,15+,16-,18+,23-/m0/s1. The SMILES string of the molecule is CN[C@]12C(=O)C3=C(O)c4c(O)cccc4[C@H](C)[C@H]3[C@@H](O)[C@H]1[C@H](N(C)C)C(=O)C(C(N)=O)=C2O. The zero-order valence-corrected chi connectivity index (χ0v) is 18.7. The number of phenolic OH excluding ortho intramolecular Hbond substituents is 1. The number of fused-ring (bicyclic) bond motifs is 3. The lowest BCUT2D eigenvalue weighted by Gasteiger charge is -2.55. The summed E-state index contributed by atoms with van der Waals surface area (Å²) in [7, 11) is 4.47. The monoisotopic (exact) mass is 457 g/mol. The minimum atomic E-state index is -2.10. The number of nitrogens with zero attached hydrogens (tertiary/aromatic N) is 1. The van der Waals surface area contributed by atoms with Gasteiger partial charge in [-0.05, 0) is 38.7 Å². The first kappa shape index (κ1) is 23.0. The van der Waals surface area contributed by atoms with Crippen LogP contribution in [0.25, 0.3) is 5.76 Å². The van der Waals surface area contributed by atoms with E-state index in [1.165, 1.54) is 18.0 Å². The Hall–Kier alpha value is -3.21. The van der Waals surface area contributed by atoms with Crippen LogP contribution >= 0.6 is 0 Å². The molecule has 0 unspecified atom stereocenters. The van der Waals surface area contributed by atoms with E-state index >= 15 is 0 Å². The van der Waals surface area contributed by atoms with Gasteiger partial charge in [0, 0.05) is 17.4 Å². The van der Waals surface area contributed by atoms with Crippen molar-refractivity contribution in [1.82, 2.24) is 10.2 Å². The zero-order valence-electron chi connectivity index (χ0n) is 18.7. The summed E-state index contributed by atoms with van der Waals surface area (Å²) in [6, 6.07) is 3.48. The van der Waals surface area contributed by atoms with E-state index in [-0.39, 0.29) is 16.9 Å². The third kappa shape index (κ3) is 2.68. The van der Waals surface area contributed by atoms with Gasteiger partial charge in [0.25, 0.3) is 5.91 Å². The summed E-state index contributed by atoms with van der Waals surface area (Å²) in [6.07, 6.45) is -1.40. The average Bonchev–Trinajstić information content (AvgIpc) is 2.73. The molecule has 0 saturated heterocycles. The summed E-state index contributed by atoms with van der Waals surface area (Å²) < 4.78 is 0. The van der Waals surface area contributed by atoms with E-state index < -0.39 is 70.0 Å². The van der Waals surface area contributed by atoms with E-state index in [2.05, 4.69) is 5.32 Å². The Kier molecular flexibility index (Phi) is 5.15. The summed E-state index contributed by atoms with van der Waals surface area (Å²) in [5.74, 6) is -7.12. The lowest BCUT2D eigenvalue weighted by molar-refractivity contribution is -0.145. The molecule has 0 heterocycles. The van der Waals surface area contributed by atoms with Crippen molar-refractivity contribution in [2.24, 2.45) is 17.6 Å². The Labute approximate surface area is 190 Å². The van der Waals surface area contributed by atoms with Gasteiger partial charge in [-0.1, -0.05) is 19.1 Å². The van der Waals surface area contributed by atoms with Crippen LogP contribution in [0.5, 0.6) is 5.75 Å². The Bertz CT molecular complexity index is 1150. The van der Waals surface area contributed by atoms with Crippen LogP contribution < -0.4 is 11.1 Å². The van der Waals surface area contributed by atoms with Crippen LogP contribution in [0.3, 0.4) is 0 Å². The Morgan fingerprint density at radius 3 is 2.36 bits per heavy atom. The van der Waals surface area contributed by atoms with E-state index in [1.807, 2.05) is 0 Å². The quantitative estimate of drug-likeness (QED) is 0.334. The predicted octanol–water partition coefficient (Wildman–Crippen LogP) is -0.277. The molecule has 0 aromatic heterocycles. The Morgan fingerprint density at radius 2 is 1.82 bits per heavy atom. The number of benzene rings is 1. The maximum Gasteiger partial charge on any atom is 0.255 e. The lowest BCUT2D eigenvalue weighted by atomic mass is 9.53. The van der Waals surface area contributed by atoms with E-state index in [4.69, 9.17) is 5.73 Å². The highest BCUT2D eigenvalue weighted by Gasteiger charge is 2.68. The number of likely N-dealkylation sites (N-methyl/N-ethyl adjacent to an activating group) is 2. The van der Waals surface area contributed by atoms with Crippen molar-refractivity contribution in [3.05, 3.63) is 46.2 Å². The van der Waals surface area contributed by atoms with Crippen LogP contribution in [0, 0.1) is 11.8 Å². The van der Waals surface area contributed by atoms with Crippen molar-refractivity contribution < 1.29 is 34.8 Å². The number of aliphatic hydroxyl groups is 3. The molecule has 3 aliphatic carbocycles. The number of hydrogen-bond donors (Lipinski definition) is 6. The van der Waals surface area contributed by atoms with Gasteiger partial charge < -0.3 is 31.5 Å². The summed E-state index contributed by atoms with van der Waals surface area (Å²) in [5.41, 5.74) is 2.97. The predicted molar refractivity (Wildman–Crippen MR) is 117 cm³/mol. The number of aliphatic hydroxyl groups excluding tert-OH is 3. The van der Waals surface area contributed by atoms with Crippen LogP contribution in [0.2, 0.25) is 0 Å². The minimum absolute atomic E-state index is 0.0659. The van der Waals surface area contributed by atoms with Gasteiger partial charge >= 0.3 is 0 Å². The molecule has 3 aliphatic rings. The molecule has 6 atom stereocenters. The molecule has 1 aromatic carbocycles. The first-order chi connectivity index (χ1) is 15.4. The maximum absolute atomic E-state index is 14.1. The molecule has 10 heteroatoms. The largest absolute Gasteiger partial charge is 0.509 e. The molecule has 1 amide bonds. The maximum atomic E-state index is 14.1. The topological polar surface area (TPSA) is 173 Å². The number of primary amides is 1. The minimum Gasteiger partial charge on any atom is -0.509 e. The number of carbonyl (C=O) groups excluding carboxylic acids is 3. The highest BCUT2D eigenvalue weighted by molar-refractivity contribution is 6.25. The van der Waals surface area contributed by atoms with Crippen LogP contribution in [0.1, 0.15) is 24.0 Å². The number of aromatic hydroxyl groups is 1. The molecule has 0 spiro atoms. The van der Waals surface area contributed by atoms with Crippen molar-refractivity contribution in [2.45, 2.75) is 30.5 Å². The normalized spacial score (nSPS) is 33.7. The molecule has 1 fully saturated rings. The third-order valence-corrected chi connectivity index (χ3v) is 7.43. The fraction of sp³-hybridized carbons (Fsp3) is 0.435. The number of rotatable bonds is 3. The highest BCUT2D eigenvalue weighted by atomic mass is 16.3. The van der Waals surface area contributed by atoms with Gasteiger partial charge in [0.05, 0.1) is 17.7 Å². The zero-order chi connectivity index (χ0) is 24.6. The van der Waals surface area contributed by atoms with Crippen molar-refractivity contribution in [3.63, 3.8) is 0 Å². The Balaban J connectivity index is 2.10. The number of nitrogens with one attached hydrogen (secondary N) is 1. The van der Waals surface area contributed by atoms with Crippen LogP contribution in [-0.2, 0) is 14.4 Å².